The molecule has 0 bridgehead atoms. The maximum absolute atomic E-state index is 12.8. The molecule has 3 aromatic rings. The van der Waals surface area contributed by atoms with Crippen LogP contribution in [0.1, 0.15) is 32.3 Å². The van der Waals surface area contributed by atoms with E-state index in [-0.39, 0.29) is 4.90 Å². The molecule has 0 spiro atoms. The molecular formula is C22H27BrN2O3S. The first-order valence-corrected chi connectivity index (χ1v) is 12.2. The summed E-state index contributed by atoms with van der Waals surface area (Å²) < 4.78 is 31.9. The van der Waals surface area contributed by atoms with Gasteiger partial charge in [0, 0.05) is 28.1 Å². The number of H-pyrrole nitrogens is 1. The Morgan fingerprint density at radius 2 is 1.69 bits per heavy atom. The largest absolute Gasteiger partial charge is 0.378 e. The summed E-state index contributed by atoms with van der Waals surface area (Å²) in [5.74, 6) is 0.360. The third-order valence-electron chi connectivity index (χ3n) is 4.83. The summed E-state index contributed by atoms with van der Waals surface area (Å²) in [6.45, 7) is 7.44. The summed E-state index contributed by atoms with van der Waals surface area (Å²) in [6, 6.07) is 11.9. The van der Waals surface area contributed by atoms with Gasteiger partial charge in [-0.15, -0.1) is 0 Å². The molecule has 0 fully saturated rings. The normalized spacial score (nSPS) is 12.0. The highest BCUT2D eigenvalue weighted by Crippen LogP contribution is 2.31. The molecule has 0 saturated heterocycles. The number of nitrogens with zero attached hydrogens (tertiary/aromatic N) is 1. The number of halogens is 1. The van der Waals surface area contributed by atoms with Gasteiger partial charge in [-0.1, -0.05) is 35.8 Å². The van der Waals surface area contributed by atoms with Gasteiger partial charge in [0.15, 0.2) is 5.75 Å². The third kappa shape index (κ3) is 5.41. The lowest BCUT2D eigenvalue weighted by atomic mass is 10.1. The number of rotatable bonds is 10. The Kier molecular flexibility index (Phi) is 7.38. The van der Waals surface area contributed by atoms with Gasteiger partial charge in [0.1, 0.15) is 4.90 Å². The Balaban J connectivity index is 1.87. The van der Waals surface area contributed by atoms with E-state index in [9.17, 15) is 8.42 Å². The molecule has 0 aliphatic rings. The van der Waals surface area contributed by atoms with Gasteiger partial charge in [-0.2, -0.15) is 8.42 Å². The van der Waals surface area contributed by atoms with Crippen LogP contribution >= 0.6 is 15.9 Å². The fourth-order valence-corrected chi connectivity index (χ4v) is 4.71. The fraction of sp³-hybridized carbons (Fsp3) is 0.364. The molecule has 29 heavy (non-hydrogen) atoms. The molecule has 2 aromatic carbocycles. The monoisotopic (exact) mass is 478 g/mol. The van der Waals surface area contributed by atoms with Gasteiger partial charge in [-0.05, 0) is 74.3 Å². The molecule has 156 valence electrons. The van der Waals surface area contributed by atoms with Crippen molar-refractivity contribution in [3.8, 4) is 5.75 Å². The summed E-state index contributed by atoms with van der Waals surface area (Å²) in [5, 5.41) is 0.834. The van der Waals surface area contributed by atoms with Crippen molar-refractivity contribution in [1.82, 2.24) is 9.88 Å². The average Bonchev–Trinajstić information content (AvgIpc) is 3.11. The van der Waals surface area contributed by atoms with Crippen LogP contribution in [0.25, 0.3) is 10.9 Å². The quantitative estimate of drug-likeness (QED) is 0.398. The van der Waals surface area contributed by atoms with Gasteiger partial charge >= 0.3 is 10.1 Å². The first kappa shape index (κ1) is 21.9. The van der Waals surface area contributed by atoms with Crippen LogP contribution in [0, 0.1) is 0 Å². The Morgan fingerprint density at radius 3 is 2.34 bits per heavy atom. The van der Waals surface area contributed by atoms with Crippen LogP contribution in [0.15, 0.2) is 58.0 Å². The predicted octanol–water partition coefficient (Wildman–Crippen LogP) is 5.36. The summed E-state index contributed by atoms with van der Waals surface area (Å²) in [5.41, 5.74) is 1.94. The lowest BCUT2D eigenvalue weighted by molar-refractivity contribution is 0.278. The summed E-state index contributed by atoms with van der Waals surface area (Å²) in [7, 11) is -3.91. The number of aromatic nitrogens is 1. The lowest BCUT2D eigenvalue weighted by Crippen LogP contribution is -2.27. The second-order valence-corrected chi connectivity index (χ2v) is 9.54. The van der Waals surface area contributed by atoms with E-state index in [1.807, 2.05) is 12.3 Å². The van der Waals surface area contributed by atoms with Crippen LogP contribution in [0.4, 0.5) is 0 Å². The first-order valence-electron chi connectivity index (χ1n) is 9.96. The van der Waals surface area contributed by atoms with E-state index in [4.69, 9.17) is 4.18 Å². The Morgan fingerprint density at radius 1 is 1.00 bits per heavy atom. The molecule has 0 aliphatic heterocycles. The van der Waals surface area contributed by atoms with E-state index in [0.717, 1.165) is 59.8 Å². The number of hydrogen-bond acceptors (Lipinski definition) is 4. The van der Waals surface area contributed by atoms with Crippen molar-refractivity contribution in [1.29, 1.82) is 0 Å². The molecule has 5 nitrogen and oxygen atoms in total. The van der Waals surface area contributed by atoms with Gasteiger partial charge < -0.3 is 14.1 Å². The van der Waals surface area contributed by atoms with Crippen molar-refractivity contribution in [3.63, 3.8) is 0 Å². The topological polar surface area (TPSA) is 62.4 Å². The molecule has 0 radical (unpaired) electrons. The zero-order valence-corrected chi connectivity index (χ0v) is 19.2. The highest BCUT2D eigenvalue weighted by atomic mass is 79.9. The van der Waals surface area contributed by atoms with E-state index >= 15 is 0 Å². The summed E-state index contributed by atoms with van der Waals surface area (Å²) in [6.07, 6.45) is 5.03. The van der Waals surface area contributed by atoms with Crippen LogP contribution in [-0.2, 0) is 16.5 Å². The van der Waals surface area contributed by atoms with Gasteiger partial charge in [0.05, 0.1) is 0 Å². The van der Waals surface area contributed by atoms with E-state index in [1.165, 1.54) is 12.1 Å². The molecular weight excluding hydrogens is 452 g/mol. The van der Waals surface area contributed by atoms with Gasteiger partial charge in [0.2, 0.25) is 0 Å². The minimum atomic E-state index is -3.91. The Hall–Kier alpha value is -1.83. The number of aromatic amines is 1. The second-order valence-electron chi connectivity index (χ2n) is 7.08. The van der Waals surface area contributed by atoms with Crippen LogP contribution in [0.2, 0.25) is 0 Å². The SMILES string of the molecule is CCCN(CCC)CCc1c[nH]c2cccc(OS(=O)(=O)c3ccc(Br)cc3)c12. The molecule has 1 heterocycles. The van der Waals surface area contributed by atoms with E-state index < -0.39 is 10.1 Å². The molecule has 0 amide bonds. The maximum atomic E-state index is 12.8. The predicted molar refractivity (Wildman–Crippen MR) is 121 cm³/mol. The number of hydrogen-bond donors (Lipinski definition) is 1. The van der Waals surface area contributed by atoms with Crippen molar-refractivity contribution in [2.75, 3.05) is 19.6 Å². The van der Waals surface area contributed by atoms with Gasteiger partial charge in [-0.3, -0.25) is 0 Å². The Labute approximate surface area is 181 Å². The molecule has 1 aromatic heterocycles. The van der Waals surface area contributed by atoms with Crippen LogP contribution in [0.3, 0.4) is 0 Å². The minimum absolute atomic E-state index is 0.131. The number of fused-ring (bicyclic) bond motifs is 1. The highest BCUT2D eigenvalue weighted by molar-refractivity contribution is 9.10. The standard InChI is InChI=1S/C22H27BrN2O3S/c1-3-13-25(14-4-2)15-12-17-16-24-20-6-5-7-21(22(17)20)28-29(26,27)19-10-8-18(23)9-11-19/h5-11,16,24H,3-4,12-15H2,1-2H3. The molecule has 0 saturated carbocycles. The maximum Gasteiger partial charge on any atom is 0.339 e. The van der Waals surface area contributed by atoms with Crippen LogP contribution in [-0.4, -0.2) is 37.9 Å². The lowest BCUT2D eigenvalue weighted by Gasteiger charge is -2.20. The molecule has 7 heteroatoms. The fourth-order valence-electron chi connectivity index (χ4n) is 3.50. The van der Waals surface area contributed by atoms with Crippen molar-refractivity contribution in [2.24, 2.45) is 0 Å². The second kappa shape index (κ2) is 9.78. The molecule has 3 rings (SSSR count). The number of benzene rings is 2. The molecule has 1 N–H and O–H groups in total. The van der Waals surface area contributed by atoms with Crippen LogP contribution in [0.5, 0.6) is 5.75 Å². The zero-order chi connectivity index (χ0) is 20.9. The average molecular weight is 479 g/mol. The van der Waals surface area contributed by atoms with Crippen molar-refractivity contribution >= 4 is 37.0 Å². The minimum Gasteiger partial charge on any atom is -0.378 e. The highest BCUT2D eigenvalue weighted by Gasteiger charge is 2.20. The van der Waals surface area contributed by atoms with E-state index in [0.29, 0.717) is 5.75 Å². The summed E-state index contributed by atoms with van der Waals surface area (Å²) in [4.78, 5) is 5.83. The van der Waals surface area contributed by atoms with Crippen molar-refractivity contribution in [2.45, 2.75) is 38.0 Å². The van der Waals surface area contributed by atoms with E-state index in [1.54, 1.807) is 24.3 Å². The smallest absolute Gasteiger partial charge is 0.339 e. The van der Waals surface area contributed by atoms with Gasteiger partial charge in [0.25, 0.3) is 0 Å². The Bertz CT molecular complexity index is 1040. The van der Waals surface area contributed by atoms with Crippen molar-refractivity contribution in [3.05, 3.63) is 58.7 Å². The summed E-state index contributed by atoms with van der Waals surface area (Å²) >= 11 is 3.32. The first-order chi connectivity index (χ1) is 13.9. The number of nitrogens with one attached hydrogen (secondary N) is 1. The van der Waals surface area contributed by atoms with Crippen molar-refractivity contribution < 1.29 is 12.6 Å². The third-order valence-corrected chi connectivity index (χ3v) is 6.61. The van der Waals surface area contributed by atoms with Crippen LogP contribution < -0.4 is 4.18 Å². The zero-order valence-electron chi connectivity index (χ0n) is 16.8. The molecule has 0 atom stereocenters. The van der Waals surface area contributed by atoms with Gasteiger partial charge in [-0.25, -0.2) is 0 Å². The molecule has 0 unspecified atom stereocenters. The van der Waals surface area contributed by atoms with E-state index in [2.05, 4.69) is 39.7 Å². The molecule has 0 aliphatic carbocycles.